The zero-order valence-electron chi connectivity index (χ0n) is 14.7. The Labute approximate surface area is 163 Å². The number of carbonyl (C=O) groups excluding carboxylic acids is 2. The molecule has 0 fully saturated rings. The van der Waals surface area contributed by atoms with Crippen molar-refractivity contribution in [3.05, 3.63) is 69.7 Å². The molecule has 0 radical (unpaired) electrons. The molecule has 0 spiro atoms. The van der Waals surface area contributed by atoms with E-state index < -0.39 is 29.6 Å². The highest BCUT2D eigenvalue weighted by atomic mass is 79.9. The molecule has 0 bridgehead atoms. The molecule has 1 N–H and O–H groups in total. The minimum Gasteiger partial charge on any atom is -0.341 e. The smallest absolute Gasteiger partial charge is 0.341 e. The van der Waals surface area contributed by atoms with E-state index in [1.165, 1.54) is 32.2 Å². The van der Waals surface area contributed by atoms with Gasteiger partial charge in [-0.05, 0) is 42.8 Å². The highest BCUT2D eigenvalue weighted by molar-refractivity contribution is 9.10. The van der Waals surface area contributed by atoms with Crippen LogP contribution in [0.15, 0.2) is 53.0 Å². The molecule has 2 rings (SSSR count). The molecule has 27 heavy (non-hydrogen) atoms. The Kier molecular flexibility index (Phi) is 6.64. The molecule has 2 aromatic rings. The molecule has 0 heterocycles. The monoisotopic (exact) mass is 442 g/mol. The first-order chi connectivity index (χ1) is 12.6. The summed E-state index contributed by atoms with van der Waals surface area (Å²) in [5.41, 5.74) is -0.411. The molecule has 0 aliphatic carbocycles. The number of hydrogen-bond donors (Lipinski definition) is 1. The van der Waals surface area contributed by atoms with Gasteiger partial charge >= 0.3 is 6.18 Å². The molecule has 0 aliphatic heterocycles. The van der Waals surface area contributed by atoms with Crippen molar-refractivity contribution in [2.45, 2.75) is 25.7 Å². The second kappa shape index (κ2) is 8.56. The van der Waals surface area contributed by atoms with Gasteiger partial charge in [0.25, 0.3) is 5.91 Å². The number of halogens is 4. The molecule has 0 aliphatic rings. The van der Waals surface area contributed by atoms with Crippen molar-refractivity contribution in [1.82, 2.24) is 10.2 Å². The number of carbonyl (C=O) groups is 2. The maximum Gasteiger partial charge on any atom is 0.416 e. The molecular formula is C19H18BrF3N2O2. The Hall–Kier alpha value is -2.35. The summed E-state index contributed by atoms with van der Waals surface area (Å²) in [7, 11) is 1.40. The van der Waals surface area contributed by atoms with Crippen molar-refractivity contribution in [1.29, 1.82) is 0 Å². The Balaban J connectivity index is 2.04. The fourth-order valence-corrected chi connectivity index (χ4v) is 2.81. The quantitative estimate of drug-likeness (QED) is 0.752. The number of likely N-dealkylation sites (N-methyl/N-ethyl adjacent to an activating group) is 1. The lowest BCUT2D eigenvalue weighted by Gasteiger charge is -2.23. The number of nitrogens with one attached hydrogen (secondary N) is 1. The van der Waals surface area contributed by atoms with Crippen LogP contribution in [0.5, 0.6) is 0 Å². The second-order valence-corrected chi connectivity index (χ2v) is 6.97. The standard InChI is InChI=1S/C19H18BrF3N2O2/c1-12(24-17(26)13-7-9-15(20)10-8-13)18(27)25(2)11-14-5-3-4-6-16(14)19(21,22)23/h3-10,12H,11H2,1-2H3,(H,24,26). The third-order valence-electron chi connectivity index (χ3n) is 3.93. The summed E-state index contributed by atoms with van der Waals surface area (Å²) in [6.45, 7) is 1.28. The maximum atomic E-state index is 13.1. The van der Waals surface area contributed by atoms with E-state index in [0.717, 1.165) is 15.4 Å². The van der Waals surface area contributed by atoms with Gasteiger partial charge in [-0.2, -0.15) is 13.2 Å². The van der Waals surface area contributed by atoms with Gasteiger partial charge in [0.05, 0.1) is 5.56 Å². The fourth-order valence-electron chi connectivity index (χ4n) is 2.54. The lowest BCUT2D eigenvalue weighted by atomic mass is 10.1. The maximum absolute atomic E-state index is 13.1. The molecule has 0 saturated carbocycles. The third-order valence-corrected chi connectivity index (χ3v) is 4.46. The van der Waals surface area contributed by atoms with E-state index in [4.69, 9.17) is 0 Å². The highest BCUT2D eigenvalue weighted by Crippen LogP contribution is 2.32. The summed E-state index contributed by atoms with van der Waals surface area (Å²) in [5, 5.41) is 2.56. The highest BCUT2D eigenvalue weighted by Gasteiger charge is 2.33. The number of nitrogens with zero attached hydrogens (tertiary/aromatic N) is 1. The van der Waals surface area contributed by atoms with E-state index in [-0.39, 0.29) is 12.1 Å². The van der Waals surface area contributed by atoms with Gasteiger partial charge in [0.15, 0.2) is 0 Å². The van der Waals surface area contributed by atoms with E-state index in [1.54, 1.807) is 24.3 Å². The predicted molar refractivity (Wildman–Crippen MR) is 99.0 cm³/mol. The largest absolute Gasteiger partial charge is 0.416 e. The van der Waals surface area contributed by atoms with Gasteiger partial charge in [-0.3, -0.25) is 9.59 Å². The molecule has 0 saturated heterocycles. The van der Waals surface area contributed by atoms with Crippen LogP contribution in [-0.2, 0) is 17.5 Å². The van der Waals surface area contributed by atoms with Crippen LogP contribution < -0.4 is 5.32 Å². The van der Waals surface area contributed by atoms with Crippen LogP contribution in [0, 0.1) is 0 Å². The number of amides is 2. The van der Waals surface area contributed by atoms with Gasteiger partial charge in [-0.1, -0.05) is 34.1 Å². The Morgan fingerprint density at radius 3 is 2.30 bits per heavy atom. The van der Waals surface area contributed by atoms with Crippen molar-refractivity contribution in [2.24, 2.45) is 0 Å². The SMILES string of the molecule is CC(NC(=O)c1ccc(Br)cc1)C(=O)N(C)Cc1ccccc1C(F)(F)F. The van der Waals surface area contributed by atoms with E-state index in [0.29, 0.717) is 5.56 Å². The zero-order chi connectivity index (χ0) is 20.2. The summed E-state index contributed by atoms with van der Waals surface area (Å²) in [5.74, 6) is -0.926. The van der Waals surface area contributed by atoms with Crippen molar-refractivity contribution >= 4 is 27.7 Å². The zero-order valence-corrected chi connectivity index (χ0v) is 16.3. The average Bonchev–Trinajstić information content (AvgIpc) is 2.61. The molecule has 8 heteroatoms. The first kappa shape index (κ1) is 21.0. The van der Waals surface area contributed by atoms with Gasteiger partial charge in [-0.15, -0.1) is 0 Å². The van der Waals surface area contributed by atoms with Crippen molar-refractivity contribution in [3.8, 4) is 0 Å². The summed E-state index contributed by atoms with van der Waals surface area (Å²) in [6, 6.07) is 10.8. The van der Waals surface area contributed by atoms with Crippen molar-refractivity contribution < 1.29 is 22.8 Å². The van der Waals surface area contributed by atoms with Crippen LogP contribution >= 0.6 is 15.9 Å². The van der Waals surface area contributed by atoms with Crippen molar-refractivity contribution in [2.75, 3.05) is 7.05 Å². The molecular weight excluding hydrogens is 425 g/mol. The van der Waals surface area contributed by atoms with Gasteiger partial charge in [0.2, 0.25) is 5.91 Å². The van der Waals surface area contributed by atoms with E-state index in [1.807, 2.05) is 0 Å². The van der Waals surface area contributed by atoms with Crippen LogP contribution in [-0.4, -0.2) is 29.8 Å². The molecule has 1 unspecified atom stereocenters. The van der Waals surface area contributed by atoms with Crippen LogP contribution in [0.25, 0.3) is 0 Å². The van der Waals surface area contributed by atoms with Crippen LogP contribution in [0.1, 0.15) is 28.4 Å². The topological polar surface area (TPSA) is 49.4 Å². The van der Waals surface area contributed by atoms with E-state index in [2.05, 4.69) is 21.2 Å². The lowest BCUT2D eigenvalue weighted by molar-refractivity contribution is -0.139. The Morgan fingerprint density at radius 1 is 1.11 bits per heavy atom. The van der Waals surface area contributed by atoms with Gasteiger partial charge < -0.3 is 10.2 Å². The molecule has 144 valence electrons. The molecule has 2 amide bonds. The summed E-state index contributed by atoms with van der Waals surface area (Å²) < 4.78 is 40.1. The number of hydrogen-bond acceptors (Lipinski definition) is 2. The van der Waals surface area contributed by atoms with Gasteiger partial charge in [-0.25, -0.2) is 0 Å². The van der Waals surface area contributed by atoms with Gasteiger partial charge in [0, 0.05) is 23.6 Å². The molecule has 2 aromatic carbocycles. The second-order valence-electron chi connectivity index (χ2n) is 6.05. The minimum absolute atomic E-state index is 0.00714. The fraction of sp³-hybridized carbons (Fsp3) is 0.263. The predicted octanol–water partition coefficient (Wildman–Crippen LogP) is 4.24. The Bertz CT molecular complexity index is 822. The number of rotatable bonds is 5. The van der Waals surface area contributed by atoms with Crippen LogP contribution in [0.2, 0.25) is 0 Å². The van der Waals surface area contributed by atoms with Gasteiger partial charge in [0.1, 0.15) is 6.04 Å². The minimum atomic E-state index is -4.50. The normalized spacial score (nSPS) is 12.4. The van der Waals surface area contributed by atoms with E-state index >= 15 is 0 Å². The number of benzene rings is 2. The van der Waals surface area contributed by atoms with Crippen LogP contribution in [0.3, 0.4) is 0 Å². The lowest BCUT2D eigenvalue weighted by Crippen LogP contribution is -2.45. The number of alkyl halides is 3. The van der Waals surface area contributed by atoms with Crippen molar-refractivity contribution in [3.63, 3.8) is 0 Å². The summed E-state index contributed by atoms with van der Waals surface area (Å²) in [6.07, 6.45) is -4.50. The molecule has 4 nitrogen and oxygen atoms in total. The van der Waals surface area contributed by atoms with E-state index in [9.17, 15) is 22.8 Å². The molecule has 0 aromatic heterocycles. The van der Waals surface area contributed by atoms with Crippen LogP contribution in [0.4, 0.5) is 13.2 Å². The third kappa shape index (κ3) is 5.56. The summed E-state index contributed by atoms with van der Waals surface area (Å²) in [4.78, 5) is 25.8. The Morgan fingerprint density at radius 2 is 1.70 bits per heavy atom. The first-order valence-electron chi connectivity index (χ1n) is 8.06. The molecule has 1 atom stereocenters. The average molecular weight is 443 g/mol. The summed E-state index contributed by atoms with van der Waals surface area (Å²) >= 11 is 3.27. The first-order valence-corrected chi connectivity index (χ1v) is 8.85.